The van der Waals surface area contributed by atoms with Gasteiger partial charge in [0, 0.05) is 8.47 Å². The van der Waals surface area contributed by atoms with E-state index in [0.717, 1.165) is 28.9 Å². The van der Waals surface area contributed by atoms with Crippen LogP contribution in [0.2, 0.25) is 0 Å². The van der Waals surface area contributed by atoms with Gasteiger partial charge >= 0.3 is 0 Å². The number of allylic oxidation sites excluding steroid dienone is 4. The molecule has 0 amide bonds. The number of aromatic nitrogens is 4. The Hall–Kier alpha value is -3.22. The van der Waals surface area contributed by atoms with Crippen LogP contribution in [0.4, 0.5) is 5.82 Å². The summed E-state index contributed by atoms with van der Waals surface area (Å²) >= 11 is 0. The van der Waals surface area contributed by atoms with E-state index < -0.39 is 0 Å². The zero-order valence-electron chi connectivity index (χ0n) is 19.4. The number of fused-ring (bicyclic) bond motifs is 1. The van der Waals surface area contributed by atoms with E-state index in [0.29, 0.717) is 28.7 Å². The van der Waals surface area contributed by atoms with Crippen LogP contribution in [0.3, 0.4) is 0 Å². The van der Waals surface area contributed by atoms with Crippen molar-refractivity contribution in [2.45, 2.75) is 54.0 Å². The maximum atomic E-state index is 13.3. The molecule has 1 aliphatic carbocycles. The van der Waals surface area contributed by atoms with Crippen molar-refractivity contribution in [2.24, 2.45) is 5.92 Å². The average Bonchev–Trinajstić information content (AvgIpc) is 3.35. The van der Waals surface area contributed by atoms with E-state index in [1.807, 2.05) is 39.8 Å². The summed E-state index contributed by atoms with van der Waals surface area (Å²) in [6.07, 6.45) is 7.22. The highest BCUT2D eigenvalue weighted by molar-refractivity contribution is 5.77. The Labute approximate surface area is 184 Å². The molecule has 3 heterocycles. The number of pyridine rings is 1. The molecule has 3 aromatic heterocycles. The number of hydrogen-bond donors (Lipinski definition) is 1. The van der Waals surface area contributed by atoms with Crippen LogP contribution in [0.25, 0.3) is 22.4 Å². The fraction of sp³-hybridized carbons (Fsp3) is 0.417. The lowest BCUT2D eigenvalue weighted by Crippen LogP contribution is -2.29. The topological polar surface area (TPSA) is 85.8 Å². The van der Waals surface area contributed by atoms with Gasteiger partial charge in [0.05, 0.1) is 23.0 Å². The third kappa shape index (κ3) is 4.04. The van der Waals surface area contributed by atoms with Gasteiger partial charge in [0.1, 0.15) is 11.3 Å². The standard InChI is InChI=1S/C22H25N5O2.C2H6.H2/c1-6-18(15-8-7-12(2)11-15)27-21-17(24-20(23-5)22(27)28)10-9-16(25-21)19-13(3)26-29-14(19)4;1-2;/h7-12,18H,6H2,1-5H3,(H,23,24);1-2H3;1H/t12?,18-;;/m0../s1. The minimum atomic E-state index is -0.177. The van der Waals surface area contributed by atoms with Gasteiger partial charge in [-0.15, -0.1) is 0 Å². The molecule has 7 heteroatoms. The number of nitrogens with one attached hydrogen (secondary N) is 1. The van der Waals surface area contributed by atoms with E-state index in [4.69, 9.17) is 9.51 Å². The molecule has 1 unspecified atom stereocenters. The highest BCUT2D eigenvalue weighted by atomic mass is 16.5. The Bertz CT molecular complexity index is 1190. The van der Waals surface area contributed by atoms with Crippen LogP contribution in [0.15, 0.2) is 45.3 Å². The SMILES string of the molecule is CC.CC[C@@H](C1=CC(C)C=C1)n1c(=O)c(NC)nc2ccc(-c3c(C)noc3C)nc21.[HH]. The number of hydrogen-bond acceptors (Lipinski definition) is 6. The second-order valence-corrected chi connectivity index (χ2v) is 7.43. The van der Waals surface area contributed by atoms with Gasteiger partial charge in [0.2, 0.25) is 0 Å². The summed E-state index contributed by atoms with van der Waals surface area (Å²) in [5.74, 6) is 1.38. The molecule has 0 fully saturated rings. The van der Waals surface area contributed by atoms with Gasteiger partial charge in [0.15, 0.2) is 11.5 Å². The molecule has 4 rings (SSSR count). The van der Waals surface area contributed by atoms with Crippen LogP contribution < -0.4 is 10.9 Å². The molecule has 1 aliphatic rings. The highest BCUT2D eigenvalue weighted by Gasteiger charge is 2.23. The van der Waals surface area contributed by atoms with Crippen molar-refractivity contribution in [3.05, 3.63) is 57.7 Å². The number of rotatable bonds is 5. The molecule has 0 spiro atoms. The first-order valence-corrected chi connectivity index (χ1v) is 10.9. The molecule has 0 radical (unpaired) electrons. The van der Waals surface area contributed by atoms with Gasteiger partial charge in [-0.05, 0) is 43.9 Å². The Morgan fingerprint density at radius 1 is 1.26 bits per heavy atom. The van der Waals surface area contributed by atoms with E-state index in [9.17, 15) is 4.79 Å². The molecule has 0 aromatic carbocycles. The molecular formula is C24H33N5O2. The predicted molar refractivity (Wildman–Crippen MR) is 127 cm³/mol. The van der Waals surface area contributed by atoms with Crippen molar-refractivity contribution in [3.63, 3.8) is 0 Å². The Morgan fingerprint density at radius 2 is 2.00 bits per heavy atom. The summed E-state index contributed by atoms with van der Waals surface area (Å²) in [6.45, 7) is 12.0. The third-order valence-corrected chi connectivity index (χ3v) is 5.39. The maximum Gasteiger partial charge on any atom is 0.295 e. The quantitative estimate of drug-likeness (QED) is 0.586. The molecule has 166 valence electrons. The van der Waals surface area contributed by atoms with E-state index in [2.05, 4.69) is 47.5 Å². The summed E-state index contributed by atoms with van der Waals surface area (Å²) in [5.41, 5.74) is 4.52. The third-order valence-electron chi connectivity index (χ3n) is 5.39. The van der Waals surface area contributed by atoms with Gasteiger partial charge in [-0.1, -0.05) is 51.1 Å². The van der Waals surface area contributed by atoms with Crippen LogP contribution in [0.1, 0.15) is 53.0 Å². The normalized spacial score (nSPS) is 16.1. The number of nitrogens with zero attached hydrogens (tertiary/aromatic N) is 4. The van der Waals surface area contributed by atoms with Crippen molar-refractivity contribution >= 4 is 17.0 Å². The zero-order valence-corrected chi connectivity index (χ0v) is 19.4. The molecule has 3 aromatic rings. The van der Waals surface area contributed by atoms with Gasteiger partial charge < -0.3 is 9.84 Å². The lowest BCUT2D eigenvalue weighted by molar-refractivity contribution is 0.393. The van der Waals surface area contributed by atoms with Crippen LogP contribution in [-0.2, 0) is 0 Å². The first kappa shape index (κ1) is 22.5. The van der Waals surface area contributed by atoms with E-state index in [1.165, 1.54) is 0 Å². The molecule has 0 saturated carbocycles. The van der Waals surface area contributed by atoms with Crippen molar-refractivity contribution in [3.8, 4) is 11.3 Å². The first-order chi connectivity index (χ1) is 14.9. The van der Waals surface area contributed by atoms with Gasteiger partial charge in [-0.2, -0.15) is 0 Å². The minimum absolute atomic E-state index is 0. The first-order valence-electron chi connectivity index (χ1n) is 10.9. The molecule has 1 N–H and O–H groups in total. The molecule has 7 nitrogen and oxygen atoms in total. The highest BCUT2D eigenvalue weighted by Crippen LogP contribution is 2.31. The Kier molecular flexibility index (Phi) is 6.73. The Morgan fingerprint density at radius 3 is 2.55 bits per heavy atom. The summed E-state index contributed by atoms with van der Waals surface area (Å²) < 4.78 is 7.08. The van der Waals surface area contributed by atoms with Crippen LogP contribution in [0, 0.1) is 19.8 Å². The smallest absolute Gasteiger partial charge is 0.295 e. The van der Waals surface area contributed by atoms with Crippen molar-refractivity contribution in [2.75, 3.05) is 12.4 Å². The van der Waals surface area contributed by atoms with E-state index in [-0.39, 0.29) is 13.0 Å². The largest absolute Gasteiger partial charge is 0.369 e. The molecule has 2 atom stereocenters. The molecule has 31 heavy (non-hydrogen) atoms. The summed E-state index contributed by atoms with van der Waals surface area (Å²) in [6, 6.07) is 3.68. The predicted octanol–water partition coefficient (Wildman–Crippen LogP) is 5.46. The Balaban J connectivity index is 0.00000118. The van der Waals surface area contributed by atoms with Crippen molar-refractivity contribution < 1.29 is 5.95 Å². The van der Waals surface area contributed by atoms with Crippen LogP contribution >= 0.6 is 0 Å². The fourth-order valence-corrected chi connectivity index (χ4v) is 3.99. The minimum Gasteiger partial charge on any atom is -0.369 e. The van der Waals surface area contributed by atoms with E-state index in [1.54, 1.807) is 11.6 Å². The second kappa shape index (κ2) is 9.29. The van der Waals surface area contributed by atoms with Gasteiger partial charge in [-0.3, -0.25) is 9.36 Å². The second-order valence-electron chi connectivity index (χ2n) is 7.43. The van der Waals surface area contributed by atoms with Gasteiger partial charge in [-0.25, -0.2) is 9.97 Å². The monoisotopic (exact) mass is 423 g/mol. The molecule has 0 aliphatic heterocycles. The lowest BCUT2D eigenvalue weighted by Gasteiger charge is -2.21. The average molecular weight is 424 g/mol. The lowest BCUT2D eigenvalue weighted by atomic mass is 10.0. The summed E-state index contributed by atoms with van der Waals surface area (Å²) in [7, 11) is 1.71. The summed E-state index contributed by atoms with van der Waals surface area (Å²) in [5, 5.41) is 6.97. The maximum absolute atomic E-state index is 13.3. The van der Waals surface area contributed by atoms with Crippen molar-refractivity contribution in [1.82, 2.24) is 19.7 Å². The summed E-state index contributed by atoms with van der Waals surface area (Å²) in [4.78, 5) is 22.7. The molecule has 0 saturated heterocycles. The van der Waals surface area contributed by atoms with Crippen molar-refractivity contribution in [1.29, 1.82) is 0 Å². The molecular weight excluding hydrogens is 390 g/mol. The van der Waals surface area contributed by atoms with Crippen LogP contribution in [-0.4, -0.2) is 26.7 Å². The van der Waals surface area contributed by atoms with Gasteiger partial charge in [0.25, 0.3) is 5.56 Å². The fourth-order valence-electron chi connectivity index (χ4n) is 3.99. The number of aryl methyl sites for hydroxylation is 2. The number of anilines is 1. The van der Waals surface area contributed by atoms with E-state index >= 15 is 0 Å². The molecule has 0 bridgehead atoms. The van der Waals surface area contributed by atoms with Crippen LogP contribution in [0.5, 0.6) is 0 Å². The zero-order chi connectivity index (χ0) is 22.7.